The molecular formula is C13H16ClN5O. The first-order valence-corrected chi connectivity index (χ1v) is 6.91. The van der Waals surface area contributed by atoms with Crippen LogP contribution in [0.5, 0.6) is 0 Å². The summed E-state index contributed by atoms with van der Waals surface area (Å²) >= 11 is 5.89. The van der Waals surface area contributed by atoms with Crippen molar-refractivity contribution in [3.05, 3.63) is 35.5 Å². The highest BCUT2D eigenvalue weighted by atomic mass is 35.5. The van der Waals surface area contributed by atoms with Gasteiger partial charge in [0.15, 0.2) is 0 Å². The number of rotatable bonds is 3. The summed E-state index contributed by atoms with van der Waals surface area (Å²) in [5, 5.41) is 4.70. The molecule has 0 bridgehead atoms. The van der Waals surface area contributed by atoms with Gasteiger partial charge in [-0.3, -0.25) is 9.67 Å². The van der Waals surface area contributed by atoms with E-state index in [0.29, 0.717) is 11.8 Å². The van der Waals surface area contributed by atoms with Crippen molar-refractivity contribution in [2.24, 2.45) is 0 Å². The normalized spacial score (nSPS) is 19.3. The van der Waals surface area contributed by atoms with Crippen molar-refractivity contribution < 1.29 is 4.74 Å². The van der Waals surface area contributed by atoms with Crippen LogP contribution in [0.4, 0.5) is 5.82 Å². The molecule has 3 rings (SSSR count). The lowest BCUT2D eigenvalue weighted by molar-refractivity contribution is 0.0271. The Hall–Kier alpha value is -1.66. The zero-order chi connectivity index (χ0) is 13.9. The molecule has 20 heavy (non-hydrogen) atoms. The Morgan fingerprint density at radius 1 is 1.40 bits per heavy atom. The zero-order valence-corrected chi connectivity index (χ0v) is 12.0. The molecule has 0 amide bonds. The number of hydrogen-bond acceptors (Lipinski definition) is 5. The van der Waals surface area contributed by atoms with Gasteiger partial charge in [-0.05, 0) is 12.5 Å². The number of morpholine rings is 1. The van der Waals surface area contributed by atoms with Gasteiger partial charge in [-0.25, -0.2) is 4.98 Å². The lowest BCUT2D eigenvalue weighted by Gasteiger charge is -2.33. The Kier molecular flexibility index (Phi) is 3.84. The van der Waals surface area contributed by atoms with Gasteiger partial charge in [0.05, 0.1) is 37.8 Å². The predicted octanol–water partition coefficient (Wildman–Crippen LogP) is 1.54. The van der Waals surface area contributed by atoms with Crippen LogP contribution in [-0.4, -0.2) is 45.5 Å². The third kappa shape index (κ3) is 3.08. The molecule has 0 radical (unpaired) electrons. The fourth-order valence-electron chi connectivity index (χ4n) is 2.30. The smallest absolute Gasteiger partial charge is 0.149 e. The molecule has 0 N–H and O–H groups in total. The Labute approximate surface area is 122 Å². The molecule has 0 spiro atoms. The molecule has 1 aliphatic heterocycles. The summed E-state index contributed by atoms with van der Waals surface area (Å²) in [6.07, 6.45) is 7.22. The van der Waals surface area contributed by atoms with E-state index in [4.69, 9.17) is 16.3 Å². The van der Waals surface area contributed by atoms with Gasteiger partial charge in [0.2, 0.25) is 0 Å². The first-order chi connectivity index (χ1) is 9.70. The third-order valence-electron chi connectivity index (χ3n) is 3.21. The van der Waals surface area contributed by atoms with Crippen LogP contribution in [0.3, 0.4) is 0 Å². The fraction of sp³-hybridized carbons (Fsp3) is 0.462. The van der Waals surface area contributed by atoms with Gasteiger partial charge >= 0.3 is 0 Å². The summed E-state index contributed by atoms with van der Waals surface area (Å²) in [7, 11) is 0. The number of nitrogens with zero attached hydrogens (tertiary/aromatic N) is 5. The quantitative estimate of drug-likeness (QED) is 0.859. The number of ether oxygens (including phenoxy) is 1. The highest BCUT2D eigenvalue weighted by Crippen LogP contribution is 2.17. The molecule has 3 heterocycles. The minimum atomic E-state index is 0.0869. The van der Waals surface area contributed by atoms with Gasteiger partial charge in [0.25, 0.3) is 0 Å². The van der Waals surface area contributed by atoms with Gasteiger partial charge < -0.3 is 9.64 Å². The zero-order valence-electron chi connectivity index (χ0n) is 11.2. The molecule has 1 atom stereocenters. The van der Waals surface area contributed by atoms with Gasteiger partial charge in [-0.2, -0.15) is 5.10 Å². The first kappa shape index (κ1) is 13.3. The van der Waals surface area contributed by atoms with Crippen LogP contribution in [0.25, 0.3) is 0 Å². The van der Waals surface area contributed by atoms with Crippen molar-refractivity contribution >= 4 is 17.4 Å². The van der Waals surface area contributed by atoms with E-state index in [-0.39, 0.29) is 6.10 Å². The Morgan fingerprint density at radius 2 is 2.30 bits per heavy atom. The summed E-state index contributed by atoms with van der Waals surface area (Å²) in [6, 6.07) is 0. The van der Waals surface area contributed by atoms with E-state index >= 15 is 0 Å². The summed E-state index contributed by atoms with van der Waals surface area (Å²) in [5.74, 6) is 0.794. The van der Waals surface area contributed by atoms with Gasteiger partial charge in [-0.15, -0.1) is 0 Å². The second kappa shape index (κ2) is 5.76. The van der Waals surface area contributed by atoms with Crippen LogP contribution in [0.2, 0.25) is 5.15 Å². The maximum Gasteiger partial charge on any atom is 0.149 e. The van der Waals surface area contributed by atoms with Gasteiger partial charge in [-0.1, -0.05) is 11.6 Å². The number of anilines is 1. The molecule has 7 heteroatoms. The lowest BCUT2D eigenvalue weighted by atomic mass is 10.2. The summed E-state index contributed by atoms with van der Waals surface area (Å²) in [4.78, 5) is 10.5. The van der Waals surface area contributed by atoms with Crippen molar-refractivity contribution in [1.29, 1.82) is 0 Å². The van der Waals surface area contributed by atoms with E-state index in [1.54, 1.807) is 6.20 Å². The first-order valence-electron chi connectivity index (χ1n) is 6.54. The highest BCUT2D eigenvalue weighted by Gasteiger charge is 2.22. The molecule has 0 saturated carbocycles. The summed E-state index contributed by atoms with van der Waals surface area (Å²) in [6.45, 7) is 4.98. The van der Waals surface area contributed by atoms with Crippen LogP contribution in [0.1, 0.15) is 5.56 Å². The molecule has 6 nitrogen and oxygen atoms in total. The van der Waals surface area contributed by atoms with Crippen LogP contribution in [0.15, 0.2) is 24.8 Å². The summed E-state index contributed by atoms with van der Waals surface area (Å²) < 4.78 is 7.70. The number of halogens is 1. The van der Waals surface area contributed by atoms with Crippen molar-refractivity contribution in [3.8, 4) is 0 Å². The maximum atomic E-state index is 5.89. The molecule has 0 aliphatic carbocycles. The monoisotopic (exact) mass is 293 g/mol. The Balaban J connectivity index is 1.67. The second-order valence-electron chi connectivity index (χ2n) is 4.88. The second-order valence-corrected chi connectivity index (χ2v) is 5.27. The fourth-order valence-corrected chi connectivity index (χ4v) is 2.44. The minimum Gasteiger partial charge on any atom is -0.373 e. The van der Waals surface area contributed by atoms with E-state index in [9.17, 15) is 0 Å². The van der Waals surface area contributed by atoms with Crippen LogP contribution in [-0.2, 0) is 11.3 Å². The topological polar surface area (TPSA) is 56.1 Å². The van der Waals surface area contributed by atoms with Crippen molar-refractivity contribution in [2.75, 3.05) is 24.6 Å². The highest BCUT2D eigenvalue weighted by molar-refractivity contribution is 6.29. The van der Waals surface area contributed by atoms with Crippen molar-refractivity contribution in [1.82, 2.24) is 19.7 Å². The third-order valence-corrected chi connectivity index (χ3v) is 3.39. The maximum absolute atomic E-state index is 5.89. The number of aryl methyl sites for hydroxylation is 1. The molecule has 1 aliphatic rings. The van der Waals surface area contributed by atoms with Crippen LogP contribution < -0.4 is 4.90 Å². The average Bonchev–Trinajstić information content (AvgIpc) is 2.84. The molecule has 0 aromatic carbocycles. The molecule has 2 aromatic heterocycles. The van der Waals surface area contributed by atoms with E-state index in [0.717, 1.165) is 31.0 Å². The van der Waals surface area contributed by atoms with Crippen LogP contribution in [0, 0.1) is 6.92 Å². The standard InChI is InChI=1S/C13H16ClN5O/c1-10-4-16-19(7-10)9-11-8-18(2-3-20-11)13-6-15-5-12(14)17-13/h4-7,11H,2-3,8-9H2,1H3. The average molecular weight is 294 g/mol. The van der Waals surface area contributed by atoms with Crippen molar-refractivity contribution in [3.63, 3.8) is 0 Å². The molecule has 1 saturated heterocycles. The number of hydrogen-bond donors (Lipinski definition) is 0. The Bertz CT molecular complexity index is 588. The molecule has 1 unspecified atom stereocenters. The SMILES string of the molecule is Cc1cnn(CC2CN(c3cncc(Cl)n3)CCO2)c1. The largest absolute Gasteiger partial charge is 0.373 e. The van der Waals surface area contributed by atoms with Crippen molar-refractivity contribution in [2.45, 2.75) is 19.6 Å². The Morgan fingerprint density at radius 3 is 3.05 bits per heavy atom. The van der Waals surface area contributed by atoms with E-state index in [1.165, 1.54) is 6.20 Å². The summed E-state index contributed by atoms with van der Waals surface area (Å²) in [5.41, 5.74) is 1.15. The molecule has 2 aromatic rings. The molecular weight excluding hydrogens is 278 g/mol. The van der Waals surface area contributed by atoms with E-state index in [1.807, 2.05) is 24.0 Å². The van der Waals surface area contributed by atoms with Crippen LogP contribution >= 0.6 is 11.6 Å². The van der Waals surface area contributed by atoms with Gasteiger partial charge in [0.1, 0.15) is 11.0 Å². The van der Waals surface area contributed by atoms with Gasteiger partial charge in [0, 0.05) is 19.3 Å². The number of aromatic nitrogens is 4. The van der Waals surface area contributed by atoms with E-state index < -0.39 is 0 Å². The minimum absolute atomic E-state index is 0.0869. The molecule has 1 fully saturated rings. The molecule has 106 valence electrons. The van der Waals surface area contributed by atoms with E-state index in [2.05, 4.69) is 20.0 Å². The lowest BCUT2D eigenvalue weighted by Crippen LogP contribution is -2.44. The predicted molar refractivity (Wildman–Crippen MR) is 76.0 cm³/mol.